The second-order valence-corrected chi connectivity index (χ2v) is 7.29. The topological polar surface area (TPSA) is 67.7 Å². The van der Waals surface area contributed by atoms with Gasteiger partial charge < -0.3 is 14.6 Å². The molecule has 1 fully saturated rings. The fourth-order valence-corrected chi connectivity index (χ4v) is 4.02. The van der Waals surface area contributed by atoms with Crippen molar-refractivity contribution in [1.29, 1.82) is 0 Å². The van der Waals surface area contributed by atoms with Crippen molar-refractivity contribution in [2.45, 2.75) is 31.9 Å². The quantitative estimate of drug-likeness (QED) is 0.926. The summed E-state index contributed by atoms with van der Waals surface area (Å²) >= 11 is 1.62. The standard InChI is InChI=1S/C16H19N3O3S/c1-10-17-18-16(23-10)8-19-5-4-12(13(20)7-19)11-2-3-14-15(6-11)22-9-21-14/h2-3,6,12-13,20H,4-5,7-9H2,1H3. The van der Waals surface area contributed by atoms with Crippen LogP contribution in [-0.4, -0.2) is 46.2 Å². The summed E-state index contributed by atoms with van der Waals surface area (Å²) in [5.74, 6) is 1.70. The first-order chi connectivity index (χ1) is 11.2. The van der Waals surface area contributed by atoms with Crippen molar-refractivity contribution < 1.29 is 14.6 Å². The minimum Gasteiger partial charge on any atom is -0.454 e. The normalized spacial score (nSPS) is 24.1. The van der Waals surface area contributed by atoms with Gasteiger partial charge in [-0.1, -0.05) is 6.07 Å². The molecule has 0 spiro atoms. The molecule has 0 bridgehead atoms. The Hall–Kier alpha value is -1.70. The van der Waals surface area contributed by atoms with E-state index in [4.69, 9.17) is 9.47 Å². The van der Waals surface area contributed by atoms with Crippen LogP contribution in [0.2, 0.25) is 0 Å². The summed E-state index contributed by atoms with van der Waals surface area (Å²) in [5, 5.41) is 20.8. The summed E-state index contributed by atoms with van der Waals surface area (Å²) < 4.78 is 10.8. The summed E-state index contributed by atoms with van der Waals surface area (Å²) in [5.41, 5.74) is 1.12. The number of ether oxygens (including phenoxy) is 2. The maximum atomic E-state index is 10.6. The molecular formula is C16H19N3O3S. The van der Waals surface area contributed by atoms with Crippen LogP contribution in [0.1, 0.15) is 27.9 Å². The van der Waals surface area contributed by atoms with Crippen LogP contribution in [0.3, 0.4) is 0 Å². The number of likely N-dealkylation sites (tertiary alicyclic amines) is 1. The van der Waals surface area contributed by atoms with E-state index < -0.39 is 6.10 Å². The van der Waals surface area contributed by atoms with Crippen LogP contribution in [0.25, 0.3) is 0 Å². The van der Waals surface area contributed by atoms with Gasteiger partial charge in [-0.3, -0.25) is 4.90 Å². The Bertz CT molecular complexity index is 706. The predicted octanol–water partition coefficient (Wildman–Crippen LogP) is 1.93. The lowest BCUT2D eigenvalue weighted by Gasteiger charge is -2.35. The predicted molar refractivity (Wildman–Crippen MR) is 85.9 cm³/mol. The molecule has 0 amide bonds. The molecule has 1 aromatic heterocycles. The summed E-state index contributed by atoms with van der Waals surface area (Å²) in [6.45, 7) is 4.59. The number of aryl methyl sites for hydroxylation is 1. The minimum atomic E-state index is -0.391. The van der Waals surface area contributed by atoms with Crippen LogP contribution in [0, 0.1) is 6.92 Å². The number of aliphatic hydroxyl groups excluding tert-OH is 1. The van der Waals surface area contributed by atoms with Gasteiger partial charge in [0.2, 0.25) is 6.79 Å². The number of piperidine rings is 1. The molecule has 6 nitrogen and oxygen atoms in total. The van der Waals surface area contributed by atoms with Gasteiger partial charge in [-0.15, -0.1) is 21.5 Å². The van der Waals surface area contributed by atoms with E-state index in [0.29, 0.717) is 6.54 Å². The highest BCUT2D eigenvalue weighted by Gasteiger charge is 2.30. The second-order valence-electron chi connectivity index (χ2n) is 6.03. The number of rotatable bonds is 3. The van der Waals surface area contributed by atoms with Crippen LogP contribution in [-0.2, 0) is 6.54 Å². The van der Waals surface area contributed by atoms with Crippen LogP contribution in [0.4, 0.5) is 0 Å². The van der Waals surface area contributed by atoms with E-state index in [9.17, 15) is 5.11 Å². The summed E-state index contributed by atoms with van der Waals surface area (Å²) in [6, 6.07) is 5.96. The van der Waals surface area contributed by atoms with Gasteiger partial charge in [0.15, 0.2) is 11.5 Å². The van der Waals surface area contributed by atoms with Crippen molar-refractivity contribution in [2.75, 3.05) is 19.9 Å². The number of aliphatic hydroxyl groups is 1. The molecule has 2 aromatic rings. The van der Waals surface area contributed by atoms with Gasteiger partial charge >= 0.3 is 0 Å². The van der Waals surface area contributed by atoms with Crippen molar-refractivity contribution in [1.82, 2.24) is 15.1 Å². The van der Waals surface area contributed by atoms with E-state index in [1.54, 1.807) is 11.3 Å². The molecule has 2 atom stereocenters. The second kappa shape index (κ2) is 6.07. The number of benzene rings is 1. The summed E-state index contributed by atoms with van der Waals surface area (Å²) in [7, 11) is 0. The smallest absolute Gasteiger partial charge is 0.231 e. The third-order valence-corrected chi connectivity index (χ3v) is 5.24. The molecule has 3 heterocycles. The van der Waals surface area contributed by atoms with Crippen LogP contribution in [0.5, 0.6) is 11.5 Å². The monoisotopic (exact) mass is 333 g/mol. The molecule has 2 unspecified atom stereocenters. The molecule has 0 saturated carbocycles. The SMILES string of the molecule is Cc1nnc(CN2CCC(c3ccc4c(c3)OCO4)C(O)C2)s1. The van der Waals surface area contributed by atoms with E-state index in [1.165, 1.54) is 0 Å². The van der Waals surface area contributed by atoms with Crippen molar-refractivity contribution in [2.24, 2.45) is 0 Å². The lowest BCUT2D eigenvalue weighted by atomic mass is 9.87. The summed E-state index contributed by atoms with van der Waals surface area (Å²) in [4.78, 5) is 2.24. The van der Waals surface area contributed by atoms with E-state index >= 15 is 0 Å². The molecule has 4 rings (SSSR count). The third kappa shape index (κ3) is 3.04. The Morgan fingerprint density at radius 2 is 2.17 bits per heavy atom. The molecule has 2 aliphatic rings. The first-order valence-electron chi connectivity index (χ1n) is 7.78. The number of aromatic nitrogens is 2. The van der Waals surface area contributed by atoms with Crippen molar-refractivity contribution in [3.05, 3.63) is 33.8 Å². The highest BCUT2D eigenvalue weighted by atomic mass is 32.1. The Morgan fingerprint density at radius 1 is 1.30 bits per heavy atom. The first kappa shape index (κ1) is 14.9. The Labute approximate surface area is 138 Å². The van der Waals surface area contributed by atoms with E-state index in [-0.39, 0.29) is 12.7 Å². The number of hydrogen-bond acceptors (Lipinski definition) is 7. The van der Waals surface area contributed by atoms with Gasteiger partial charge in [0, 0.05) is 12.5 Å². The average molecular weight is 333 g/mol. The Morgan fingerprint density at radius 3 is 2.96 bits per heavy atom. The Kier molecular flexibility index (Phi) is 3.92. The van der Waals surface area contributed by atoms with Gasteiger partial charge in [0.1, 0.15) is 10.0 Å². The third-order valence-electron chi connectivity index (χ3n) is 4.42. The molecule has 2 aliphatic heterocycles. The zero-order valence-corrected chi connectivity index (χ0v) is 13.8. The zero-order valence-electron chi connectivity index (χ0n) is 12.9. The molecule has 122 valence electrons. The van der Waals surface area contributed by atoms with Crippen molar-refractivity contribution in [3.8, 4) is 11.5 Å². The fourth-order valence-electron chi connectivity index (χ4n) is 3.27. The van der Waals surface area contributed by atoms with Crippen LogP contribution < -0.4 is 9.47 Å². The number of β-amino-alcohol motifs (C(OH)–C–C–N with tert-alkyl or cyclic N) is 1. The van der Waals surface area contributed by atoms with Crippen LogP contribution >= 0.6 is 11.3 Å². The van der Waals surface area contributed by atoms with Gasteiger partial charge in [-0.25, -0.2) is 0 Å². The maximum absolute atomic E-state index is 10.6. The molecule has 1 aromatic carbocycles. The van der Waals surface area contributed by atoms with Crippen molar-refractivity contribution in [3.63, 3.8) is 0 Å². The van der Waals surface area contributed by atoms with E-state index in [2.05, 4.69) is 15.1 Å². The molecule has 0 aliphatic carbocycles. The summed E-state index contributed by atoms with van der Waals surface area (Å²) in [6.07, 6.45) is 0.525. The largest absolute Gasteiger partial charge is 0.454 e. The first-order valence-corrected chi connectivity index (χ1v) is 8.59. The minimum absolute atomic E-state index is 0.136. The van der Waals surface area contributed by atoms with E-state index in [0.717, 1.165) is 46.6 Å². The number of fused-ring (bicyclic) bond motifs is 1. The van der Waals surface area contributed by atoms with Gasteiger partial charge in [0.05, 0.1) is 12.6 Å². The zero-order chi connectivity index (χ0) is 15.8. The van der Waals surface area contributed by atoms with Gasteiger partial charge in [0.25, 0.3) is 0 Å². The average Bonchev–Trinajstić information content (AvgIpc) is 3.15. The maximum Gasteiger partial charge on any atom is 0.231 e. The number of nitrogens with zero attached hydrogens (tertiary/aromatic N) is 3. The fraction of sp³-hybridized carbons (Fsp3) is 0.500. The lowest BCUT2D eigenvalue weighted by Crippen LogP contribution is -2.42. The molecule has 0 radical (unpaired) electrons. The van der Waals surface area contributed by atoms with Crippen molar-refractivity contribution >= 4 is 11.3 Å². The molecular weight excluding hydrogens is 314 g/mol. The van der Waals surface area contributed by atoms with E-state index in [1.807, 2.05) is 25.1 Å². The lowest BCUT2D eigenvalue weighted by molar-refractivity contribution is 0.0475. The highest BCUT2D eigenvalue weighted by Crippen LogP contribution is 2.37. The highest BCUT2D eigenvalue weighted by molar-refractivity contribution is 7.11. The Balaban J connectivity index is 1.43. The van der Waals surface area contributed by atoms with Gasteiger partial charge in [-0.05, 0) is 37.6 Å². The molecule has 7 heteroatoms. The van der Waals surface area contributed by atoms with Crippen LogP contribution in [0.15, 0.2) is 18.2 Å². The van der Waals surface area contributed by atoms with Gasteiger partial charge in [-0.2, -0.15) is 0 Å². The number of hydrogen-bond donors (Lipinski definition) is 1. The molecule has 1 N–H and O–H groups in total. The molecule has 1 saturated heterocycles. The molecule has 23 heavy (non-hydrogen) atoms.